The predicted octanol–water partition coefficient (Wildman–Crippen LogP) is 2.75. The Bertz CT molecular complexity index is 997. The summed E-state index contributed by atoms with van der Waals surface area (Å²) in [5, 5.41) is 10.3. The van der Waals surface area contributed by atoms with Crippen LogP contribution in [0.3, 0.4) is 0 Å². The number of nitrogens with zero attached hydrogens (tertiary/aromatic N) is 1. The van der Waals surface area contributed by atoms with Crippen molar-refractivity contribution in [2.24, 2.45) is 0 Å². The molecule has 0 amide bonds. The number of sulfonamides is 1. The van der Waals surface area contributed by atoms with Gasteiger partial charge in [0.25, 0.3) is 5.69 Å². The van der Waals surface area contributed by atoms with Crippen LogP contribution in [0.2, 0.25) is 5.02 Å². The van der Waals surface area contributed by atoms with Gasteiger partial charge in [-0.15, -0.1) is 0 Å². The van der Waals surface area contributed by atoms with Gasteiger partial charge in [-0.2, -0.15) is 12.6 Å². The monoisotopic (exact) mass is 460 g/mol. The van der Waals surface area contributed by atoms with E-state index in [4.69, 9.17) is 16.3 Å². The molecule has 0 heterocycles. The van der Waals surface area contributed by atoms with Gasteiger partial charge in [0.1, 0.15) is 10.8 Å². The van der Waals surface area contributed by atoms with E-state index in [2.05, 4.69) is 22.1 Å². The highest BCUT2D eigenvalue weighted by molar-refractivity contribution is 7.89. The van der Waals surface area contributed by atoms with E-state index in [1.165, 1.54) is 13.2 Å². The highest BCUT2D eigenvalue weighted by Crippen LogP contribution is 2.27. The SMILES string of the molecule is COC(=O)COc1ccc(C(S)CNS(=O)(=O)c2ccc(Cl)c([N+](=O)[O-])c2)cc1. The first-order chi connectivity index (χ1) is 13.6. The number of methoxy groups -OCH3 is 1. The van der Waals surface area contributed by atoms with Crippen molar-refractivity contribution in [1.29, 1.82) is 0 Å². The van der Waals surface area contributed by atoms with E-state index < -0.39 is 31.9 Å². The van der Waals surface area contributed by atoms with Crippen molar-refractivity contribution in [3.05, 3.63) is 63.2 Å². The van der Waals surface area contributed by atoms with Crippen molar-refractivity contribution in [3.63, 3.8) is 0 Å². The van der Waals surface area contributed by atoms with Crippen LogP contribution in [-0.2, 0) is 19.6 Å². The number of halogens is 1. The van der Waals surface area contributed by atoms with Crippen LogP contribution in [0.4, 0.5) is 5.69 Å². The molecule has 2 aromatic carbocycles. The second kappa shape index (κ2) is 9.92. The fraction of sp³-hybridized carbons (Fsp3) is 0.235. The first kappa shape index (κ1) is 22.9. The molecule has 1 atom stereocenters. The molecule has 0 aliphatic carbocycles. The van der Waals surface area contributed by atoms with Crippen molar-refractivity contribution in [1.82, 2.24) is 4.72 Å². The summed E-state index contributed by atoms with van der Waals surface area (Å²) in [6, 6.07) is 9.79. The van der Waals surface area contributed by atoms with E-state index in [0.29, 0.717) is 11.3 Å². The Kier molecular flexibility index (Phi) is 7.85. The third-order valence-corrected chi connectivity index (χ3v) is 5.96. The molecule has 2 rings (SSSR count). The van der Waals surface area contributed by atoms with Crippen LogP contribution < -0.4 is 9.46 Å². The Morgan fingerprint density at radius 3 is 2.52 bits per heavy atom. The molecule has 156 valence electrons. The molecule has 1 unspecified atom stereocenters. The number of esters is 1. The molecule has 0 aliphatic heterocycles. The summed E-state index contributed by atoms with van der Waals surface area (Å²) < 4.78 is 36.9. The highest BCUT2D eigenvalue weighted by atomic mass is 35.5. The Hall–Kier alpha value is -2.34. The third-order valence-electron chi connectivity index (χ3n) is 3.74. The molecule has 9 nitrogen and oxygen atoms in total. The molecule has 12 heteroatoms. The van der Waals surface area contributed by atoms with E-state index in [0.717, 1.165) is 12.1 Å². The number of carbonyl (C=O) groups is 1. The van der Waals surface area contributed by atoms with Gasteiger partial charge < -0.3 is 9.47 Å². The Morgan fingerprint density at radius 2 is 1.93 bits per heavy atom. The second-order valence-electron chi connectivity index (χ2n) is 5.67. The number of benzene rings is 2. The lowest BCUT2D eigenvalue weighted by molar-refractivity contribution is -0.384. The van der Waals surface area contributed by atoms with Crippen LogP contribution in [0.5, 0.6) is 5.75 Å². The van der Waals surface area contributed by atoms with Gasteiger partial charge in [0.05, 0.1) is 16.9 Å². The second-order valence-corrected chi connectivity index (χ2v) is 8.47. The molecule has 2 aromatic rings. The summed E-state index contributed by atoms with van der Waals surface area (Å²) in [6.45, 7) is -0.294. The van der Waals surface area contributed by atoms with Crippen molar-refractivity contribution < 1.29 is 27.6 Å². The highest BCUT2D eigenvalue weighted by Gasteiger charge is 2.21. The van der Waals surface area contributed by atoms with Gasteiger partial charge in [-0.25, -0.2) is 17.9 Å². The number of rotatable bonds is 9. The first-order valence-corrected chi connectivity index (χ1v) is 10.4. The van der Waals surface area contributed by atoms with Gasteiger partial charge in [-0.3, -0.25) is 10.1 Å². The largest absolute Gasteiger partial charge is 0.482 e. The van der Waals surface area contributed by atoms with Gasteiger partial charge >= 0.3 is 5.97 Å². The number of nitro benzene ring substituents is 1. The number of hydrogen-bond donors (Lipinski definition) is 2. The van der Waals surface area contributed by atoms with E-state index in [1.54, 1.807) is 24.3 Å². The zero-order valence-corrected chi connectivity index (χ0v) is 17.5. The minimum atomic E-state index is -4.00. The lowest BCUT2D eigenvalue weighted by Gasteiger charge is -2.14. The lowest BCUT2D eigenvalue weighted by Crippen LogP contribution is -2.27. The molecule has 0 saturated heterocycles. The van der Waals surface area contributed by atoms with Gasteiger partial charge in [-0.05, 0) is 29.8 Å². The number of ether oxygens (including phenoxy) is 2. The first-order valence-electron chi connectivity index (χ1n) is 8.05. The van der Waals surface area contributed by atoms with E-state index >= 15 is 0 Å². The quantitative estimate of drug-likeness (QED) is 0.255. The van der Waals surface area contributed by atoms with Gasteiger partial charge in [0.15, 0.2) is 6.61 Å². The Labute approximate surface area is 177 Å². The molecule has 0 radical (unpaired) electrons. The molecule has 0 spiro atoms. The summed E-state index contributed by atoms with van der Waals surface area (Å²) in [6.07, 6.45) is 0. The van der Waals surface area contributed by atoms with Crippen LogP contribution in [0.15, 0.2) is 47.4 Å². The van der Waals surface area contributed by atoms with Crippen LogP contribution in [0.1, 0.15) is 10.8 Å². The van der Waals surface area contributed by atoms with Crippen LogP contribution in [-0.4, -0.2) is 39.6 Å². The number of thiol groups is 1. The zero-order valence-electron chi connectivity index (χ0n) is 15.1. The minimum absolute atomic E-state index is 0.0652. The third kappa shape index (κ3) is 6.32. The number of carbonyl (C=O) groups excluding carboxylic acids is 1. The summed E-state index contributed by atoms with van der Waals surface area (Å²) in [5.41, 5.74) is 0.197. The molecule has 0 bridgehead atoms. The summed E-state index contributed by atoms with van der Waals surface area (Å²) in [5.74, 6) is -0.0771. The van der Waals surface area contributed by atoms with Gasteiger partial charge in [-0.1, -0.05) is 23.7 Å². The number of hydrogen-bond acceptors (Lipinski definition) is 8. The van der Waals surface area contributed by atoms with E-state index in [9.17, 15) is 23.3 Å². The smallest absolute Gasteiger partial charge is 0.343 e. The predicted molar refractivity (Wildman–Crippen MR) is 109 cm³/mol. The molecule has 0 saturated carbocycles. The van der Waals surface area contributed by atoms with Crippen molar-refractivity contribution in [3.8, 4) is 5.75 Å². The number of nitrogens with one attached hydrogen (secondary N) is 1. The Morgan fingerprint density at radius 1 is 1.28 bits per heavy atom. The normalized spacial score (nSPS) is 12.2. The van der Waals surface area contributed by atoms with E-state index in [-0.39, 0.29) is 23.1 Å². The van der Waals surface area contributed by atoms with Crippen LogP contribution in [0.25, 0.3) is 0 Å². The van der Waals surface area contributed by atoms with E-state index in [1.807, 2.05) is 0 Å². The fourth-order valence-electron chi connectivity index (χ4n) is 2.18. The standard InChI is InChI=1S/C17H17ClN2O7S2/c1-26-17(21)10-27-12-4-2-11(3-5-12)16(28)9-19-29(24,25)13-6-7-14(18)15(8-13)20(22)23/h2-8,16,19,28H,9-10H2,1H3. The molecule has 1 N–H and O–H groups in total. The summed E-state index contributed by atoms with van der Waals surface area (Å²) in [4.78, 5) is 21.0. The van der Waals surface area contributed by atoms with Crippen molar-refractivity contribution >= 4 is 45.9 Å². The zero-order chi connectivity index (χ0) is 21.6. The molecule has 0 fully saturated rings. The maximum atomic E-state index is 12.4. The van der Waals surface area contributed by atoms with Crippen LogP contribution >= 0.6 is 24.2 Å². The summed E-state index contributed by atoms with van der Waals surface area (Å²) >= 11 is 10.1. The maximum absolute atomic E-state index is 12.4. The molecule has 0 aliphatic rings. The molecular weight excluding hydrogens is 444 g/mol. The number of nitro groups is 1. The minimum Gasteiger partial charge on any atom is -0.482 e. The van der Waals surface area contributed by atoms with Gasteiger partial charge in [0.2, 0.25) is 10.0 Å². The Balaban J connectivity index is 2.02. The lowest BCUT2D eigenvalue weighted by atomic mass is 10.1. The molecule has 29 heavy (non-hydrogen) atoms. The van der Waals surface area contributed by atoms with Crippen molar-refractivity contribution in [2.75, 3.05) is 20.3 Å². The van der Waals surface area contributed by atoms with Gasteiger partial charge in [0, 0.05) is 17.9 Å². The molecule has 0 aromatic heterocycles. The van der Waals surface area contributed by atoms with Crippen molar-refractivity contribution in [2.45, 2.75) is 10.1 Å². The van der Waals surface area contributed by atoms with Crippen LogP contribution in [0, 0.1) is 10.1 Å². The molecular formula is C17H17ClN2O7S2. The summed E-state index contributed by atoms with van der Waals surface area (Å²) in [7, 11) is -2.75. The topological polar surface area (TPSA) is 125 Å². The maximum Gasteiger partial charge on any atom is 0.343 e. The fourth-order valence-corrected chi connectivity index (χ4v) is 3.82. The average Bonchev–Trinajstić information content (AvgIpc) is 2.70. The average molecular weight is 461 g/mol.